The number of aromatic nitrogens is 1. The summed E-state index contributed by atoms with van der Waals surface area (Å²) in [6.45, 7) is 10.6. The van der Waals surface area contributed by atoms with Crippen LogP contribution >= 0.6 is 0 Å². The average Bonchev–Trinajstić information content (AvgIpc) is 2.88. The number of alkyl halides is 2. The molecule has 0 amide bonds. The molecule has 1 aromatic heterocycles. The molecule has 0 saturated carbocycles. The van der Waals surface area contributed by atoms with E-state index in [1.165, 1.54) is 18.3 Å². The van der Waals surface area contributed by atoms with Gasteiger partial charge in [0.05, 0.1) is 6.61 Å². The Balaban J connectivity index is 0.000000686. The second-order valence-corrected chi connectivity index (χ2v) is 8.89. The number of hydrogen-bond donors (Lipinski definition) is 4. The van der Waals surface area contributed by atoms with Crippen LogP contribution in [0.25, 0.3) is 0 Å². The van der Waals surface area contributed by atoms with Crippen LogP contribution in [0.1, 0.15) is 71.1 Å². The molecule has 4 N–H and O–H groups in total. The molecule has 2 aromatic rings. The van der Waals surface area contributed by atoms with E-state index >= 15 is 0 Å². The lowest BCUT2D eigenvalue weighted by atomic mass is 9.88. The topological polar surface area (TPSA) is 116 Å². The van der Waals surface area contributed by atoms with E-state index in [1.807, 2.05) is 20.8 Å². The van der Waals surface area contributed by atoms with Crippen molar-refractivity contribution in [2.24, 2.45) is 11.8 Å². The van der Waals surface area contributed by atoms with Gasteiger partial charge in [-0.3, -0.25) is 4.79 Å². The molecular weight excluding hydrogens is 499 g/mol. The van der Waals surface area contributed by atoms with E-state index < -0.39 is 30.4 Å². The summed E-state index contributed by atoms with van der Waals surface area (Å²) in [4.78, 5) is 14.9. The molecule has 2 atom stereocenters. The van der Waals surface area contributed by atoms with E-state index in [1.54, 1.807) is 25.1 Å². The summed E-state index contributed by atoms with van der Waals surface area (Å²) in [6.07, 6.45) is -0.781. The summed E-state index contributed by atoms with van der Waals surface area (Å²) >= 11 is 0. The summed E-state index contributed by atoms with van der Waals surface area (Å²) < 4.78 is 42.5. The van der Waals surface area contributed by atoms with Crippen LogP contribution in [0.15, 0.2) is 48.9 Å². The number of anilines is 2. The fraction of sp³-hybridized carbons (Fsp3) is 0.464. The van der Waals surface area contributed by atoms with Crippen LogP contribution in [-0.4, -0.2) is 39.4 Å². The molecule has 0 bridgehead atoms. The molecule has 0 saturated heterocycles. The van der Waals surface area contributed by atoms with Gasteiger partial charge < -0.3 is 25.7 Å². The second-order valence-electron chi connectivity index (χ2n) is 8.89. The SMILES string of the molecule is C=C(F)C(=O)C(C)CC.CCC(CC)C(=N)c1c(C(O)CO)ccnc1Nc1ccc(OC(C)(F)F)cc1. The van der Waals surface area contributed by atoms with Crippen molar-refractivity contribution in [1.82, 2.24) is 4.98 Å². The molecular formula is C28H38F3N3O4. The van der Waals surface area contributed by atoms with Crippen molar-refractivity contribution in [1.29, 1.82) is 5.41 Å². The Bertz CT molecular complexity index is 1070. The van der Waals surface area contributed by atoms with Crippen LogP contribution in [0.3, 0.4) is 0 Å². The van der Waals surface area contributed by atoms with Gasteiger partial charge in [-0.25, -0.2) is 9.37 Å². The fourth-order valence-electron chi connectivity index (χ4n) is 3.53. The molecule has 38 heavy (non-hydrogen) atoms. The Morgan fingerprint density at radius 2 is 1.74 bits per heavy atom. The number of pyridine rings is 1. The Kier molecular flexibility index (Phi) is 13.1. The minimum absolute atomic E-state index is 0.0189. The number of nitrogens with one attached hydrogen (secondary N) is 2. The number of allylic oxidation sites excluding steroid dienone is 1. The minimum Gasteiger partial charge on any atom is -0.433 e. The fourth-order valence-corrected chi connectivity index (χ4v) is 3.53. The van der Waals surface area contributed by atoms with Crippen molar-refractivity contribution in [3.05, 3.63) is 60.1 Å². The van der Waals surface area contributed by atoms with E-state index in [9.17, 15) is 28.2 Å². The van der Waals surface area contributed by atoms with E-state index in [0.717, 1.165) is 12.8 Å². The molecule has 7 nitrogen and oxygen atoms in total. The van der Waals surface area contributed by atoms with Gasteiger partial charge in [-0.15, -0.1) is 0 Å². The van der Waals surface area contributed by atoms with E-state index in [2.05, 4.69) is 21.6 Å². The summed E-state index contributed by atoms with van der Waals surface area (Å²) in [5.41, 5.74) is 1.72. The normalized spacial score (nSPS) is 12.7. The van der Waals surface area contributed by atoms with E-state index in [0.29, 0.717) is 41.7 Å². The number of halogens is 3. The van der Waals surface area contributed by atoms with Gasteiger partial charge in [0.25, 0.3) is 0 Å². The highest BCUT2D eigenvalue weighted by Crippen LogP contribution is 2.31. The van der Waals surface area contributed by atoms with Crippen molar-refractivity contribution < 1.29 is 32.9 Å². The van der Waals surface area contributed by atoms with Gasteiger partial charge in [-0.1, -0.05) is 34.3 Å². The van der Waals surface area contributed by atoms with Crippen LogP contribution in [0, 0.1) is 17.2 Å². The first kappa shape index (κ1) is 32.8. The van der Waals surface area contributed by atoms with Gasteiger partial charge in [0.2, 0.25) is 0 Å². The molecule has 0 spiro atoms. The Labute approximate surface area is 222 Å². The third-order valence-electron chi connectivity index (χ3n) is 5.92. The van der Waals surface area contributed by atoms with Gasteiger partial charge in [0.15, 0.2) is 11.6 Å². The van der Waals surface area contributed by atoms with Crippen molar-refractivity contribution in [2.45, 2.75) is 66.1 Å². The predicted octanol–water partition coefficient (Wildman–Crippen LogP) is 6.73. The van der Waals surface area contributed by atoms with Crippen LogP contribution in [0.4, 0.5) is 24.7 Å². The zero-order valence-electron chi connectivity index (χ0n) is 22.5. The lowest BCUT2D eigenvalue weighted by Crippen LogP contribution is -2.20. The number of carbonyl (C=O) groups excluding carboxylic acids is 1. The zero-order chi connectivity index (χ0) is 29.0. The standard InChI is InChI=1S/C21H27F2N3O3.C7H11FO/c1-4-13(5-2)19(24)18-16(17(28)12-27)10-11-25-20(18)26-14-6-8-15(9-7-14)29-21(3,22)23;1-4-5(2)7(9)6(3)8/h6-11,13,17,24,27-28H,4-5,12H2,1-3H3,(H,25,26);5H,3-4H2,1-2H3. The predicted molar refractivity (Wildman–Crippen MR) is 143 cm³/mol. The number of aliphatic hydroxyl groups excluding tert-OH is 2. The highest BCUT2D eigenvalue weighted by atomic mass is 19.3. The van der Waals surface area contributed by atoms with Crippen molar-refractivity contribution >= 4 is 23.0 Å². The van der Waals surface area contributed by atoms with Gasteiger partial charge >= 0.3 is 6.11 Å². The van der Waals surface area contributed by atoms with Gasteiger partial charge in [-0.05, 0) is 55.2 Å². The number of nitrogens with zero attached hydrogens (tertiary/aromatic N) is 1. The monoisotopic (exact) mass is 537 g/mol. The van der Waals surface area contributed by atoms with E-state index in [-0.39, 0.29) is 17.6 Å². The number of aliphatic hydroxyl groups is 2. The van der Waals surface area contributed by atoms with Crippen molar-refractivity contribution in [2.75, 3.05) is 11.9 Å². The van der Waals surface area contributed by atoms with Gasteiger partial charge in [0, 0.05) is 41.9 Å². The molecule has 0 fully saturated rings. The number of carbonyl (C=O) groups is 1. The maximum absolute atomic E-state index is 13.0. The minimum atomic E-state index is -3.27. The average molecular weight is 538 g/mol. The maximum Gasteiger partial charge on any atom is 0.394 e. The molecule has 0 aliphatic carbocycles. The van der Waals surface area contributed by atoms with Crippen molar-refractivity contribution in [3.63, 3.8) is 0 Å². The molecule has 0 radical (unpaired) electrons. The highest BCUT2D eigenvalue weighted by Gasteiger charge is 2.25. The zero-order valence-corrected chi connectivity index (χ0v) is 22.5. The first-order valence-corrected chi connectivity index (χ1v) is 12.5. The smallest absolute Gasteiger partial charge is 0.394 e. The number of hydrogen-bond acceptors (Lipinski definition) is 7. The largest absolute Gasteiger partial charge is 0.433 e. The molecule has 210 valence electrons. The number of rotatable bonds is 13. The Morgan fingerprint density at radius 3 is 2.16 bits per heavy atom. The second kappa shape index (κ2) is 15.2. The summed E-state index contributed by atoms with van der Waals surface area (Å²) in [7, 11) is 0. The number of benzene rings is 1. The quantitative estimate of drug-likeness (QED) is 0.166. The third-order valence-corrected chi connectivity index (χ3v) is 5.92. The van der Waals surface area contributed by atoms with Gasteiger partial charge in [0.1, 0.15) is 17.7 Å². The molecule has 1 aromatic carbocycles. The molecule has 2 unspecified atom stereocenters. The van der Waals surface area contributed by atoms with Gasteiger partial charge in [-0.2, -0.15) is 8.78 Å². The molecule has 1 heterocycles. The number of Topliss-reactive ketones (excluding diaryl/α,β-unsaturated/α-hetero) is 1. The Hall–Kier alpha value is -3.24. The summed E-state index contributed by atoms with van der Waals surface area (Å²) in [5, 5.41) is 31.4. The molecule has 0 aliphatic rings. The van der Waals surface area contributed by atoms with Crippen LogP contribution < -0.4 is 10.1 Å². The highest BCUT2D eigenvalue weighted by molar-refractivity contribution is 6.05. The summed E-state index contributed by atoms with van der Waals surface area (Å²) in [6, 6.07) is 7.50. The molecule has 0 aliphatic heterocycles. The first-order valence-electron chi connectivity index (χ1n) is 12.5. The number of ether oxygens (including phenoxy) is 1. The van der Waals surface area contributed by atoms with Crippen LogP contribution in [0.2, 0.25) is 0 Å². The first-order chi connectivity index (χ1) is 17.8. The maximum atomic E-state index is 13.0. The van der Waals surface area contributed by atoms with Crippen molar-refractivity contribution in [3.8, 4) is 5.75 Å². The number of ketones is 1. The lowest BCUT2D eigenvalue weighted by molar-refractivity contribution is -0.158. The van der Waals surface area contributed by atoms with Crippen LogP contribution in [-0.2, 0) is 4.79 Å². The Morgan fingerprint density at radius 1 is 1.16 bits per heavy atom. The third kappa shape index (κ3) is 9.90. The van der Waals surface area contributed by atoms with Crippen LogP contribution in [0.5, 0.6) is 5.75 Å². The molecule has 2 rings (SSSR count). The molecule has 10 heteroatoms. The van der Waals surface area contributed by atoms with E-state index in [4.69, 9.17) is 5.41 Å². The summed E-state index contributed by atoms with van der Waals surface area (Å²) in [5.74, 6) is -1.19. The lowest BCUT2D eigenvalue weighted by Gasteiger charge is -2.22.